The van der Waals surface area contributed by atoms with E-state index in [0.29, 0.717) is 18.2 Å². The zero-order chi connectivity index (χ0) is 23.8. The fourth-order valence-electron chi connectivity index (χ4n) is 3.71. The van der Waals surface area contributed by atoms with E-state index in [1.54, 1.807) is 0 Å². The van der Waals surface area contributed by atoms with Crippen molar-refractivity contribution in [2.45, 2.75) is 32.6 Å². The second-order valence-electron chi connectivity index (χ2n) is 8.97. The summed E-state index contributed by atoms with van der Waals surface area (Å²) >= 11 is 5.75. The minimum Gasteiger partial charge on any atom is -0.492 e. The molecule has 0 aliphatic rings. The molecule has 0 amide bonds. The van der Waals surface area contributed by atoms with Crippen molar-refractivity contribution in [2.75, 3.05) is 12.5 Å². The highest BCUT2D eigenvalue weighted by molar-refractivity contribution is 6.18. The van der Waals surface area contributed by atoms with Crippen LogP contribution in [-0.4, -0.2) is 18.5 Å². The van der Waals surface area contributed by atoms with Gasteiger partial charge >= 0.3 is 5.97 Å². The van der Waals surface area contributed by atoms with Crippen molar-refractivity contribution in [2.24, 2.45) is 5.41 Å². The van der Waals surface area contributed by atoms with Crippen molar-refractivity contribution in [3.63, 3.8) is 0 Å². The lowest BCUT2D eigenvalue weighted by molar-refractivity contribution is -0.143. The summed E-state index contributed by atoms with van der Waals surface area (Å²) in [4.78, 5) is 12.5. The van der Waals surface area contributed by atoms with E-state index in [2.05, 4.69) is 36.9 Å². The van der Waals surface area contributed by atoms with E-state index in [4.69, 9.17) is 21.1 Å². The van der Waals surface area contributed by atoms with Gasteiger partial charge in [-0.3, -0.25) is 4.79 Å². The fraction of sp³-hybridized carbons (Fsp3) is 0.276. The van der Waals surface area contributed by atoms with Gasteiger partial charge < -0.3 is 9.47 Å². The molecule has 3 rings (SSSR count). The van der Waals surface area contributed by atoms with Crippen LogP contribution in [0.4, 0.5) is 0 Å². The highest BCUT2D eigenvalue weighted by atomic mass is 35.5. The van der Waals surface area contributed by atoms with Gasteiger partial charge in [0, 0.05) is 11.8 Å². The van der Waals surface area contributed by atoms with Gasteiger partial charge in [0.15, 0.2) is 0 Å². The molecule has 0 aliphatic heterocycles. The second kappa shape index (κ2) is 11.2. The van der Waals surface area contributed by atoms with Crippen molar-refractivity contribution in [1.82, 2.24) is 0 Å². The molecule has 0 fully saturated rings. The number of benzene rings is 3. The Morgan fingerprint density at radius 3 is 2.18 bits per heavy atom. The van der Waals surface area contributed by atoms with Crippen LogP contribution in [0.25, 0.3) is 0 Å². The Labute approximate surface area is 202 Å². The van der Waals surface area contributed by atoms with Crippen molar-refractivity contribution in [3.8, 4) is 11.5 Å². The Morgan fingerprint density at radius 1 is 0.909 bits per heavy atom. The van der Waals surface area contributed by atoms with Crippen LogP contribution < -0.4 is 9.47 Å². The van der Waals surface area contributed by atoms with E-state index in [-0.39, 0.29) is 17.8 Å². The first-order valence-corrected chi connectivity index (χ1v) is 11.7. The molecule has 2 unspecified atom stereocenters. The normalized spacial score (nSPS) is 13.1. The minimum absolute atomic E-state index is 0.0226. The lowest BCUT2D eigenvalue weighted by Crippen LogP contribution is -2.25. The molecule has 0 saturated heterocycles. The van der Waals surface area contributed by atoms with Gasteiger partial charge in [-0.05, 0) is 61.7 Å². The largest absolute Gasteiger partial charge is 0.492 e. The number of rotatable bonds is 9. The summed E-state index contributed by atoms with van der Waals surface area (Å²) in [6, 6.07) is 26.1. The summed E-state index contributed by atoms with van der Waals surface area (Å²) in [5.41, 5.74) is 2.73. The van der Waals surface area contributed by atoms with E-state index in [9.17, 15) is 4.79 Å². The van der Waals surface area contributed by atoms with Gasteiger partial charge in [0.05, 0.1) is 11.3 Å². The van der Waals surface area contributed by atoms with Crippen LogP contribution in [0.5, 0.6) is 11.5 Å². The van der Waals surface area contributed by atoms with Crippen LogP contribution in [0.2, 0.25) is 0 Å². The van der Waals surface area contributed by atoms with E-state index in [1.807, 2.05) is 75.4 Å². The average molecular weight is 463 g/mol. The molecule has 3 aromatic carbocycles. The van der Waals surface area contributed by atoms with Gasteiger partial charge in [-0.2, -0.15) is 0 Å². The summed E-state index contributed by atoms with van der Waals surface area (Å²) in [7, 11) is 0. The van der Waals surface area contributed by atoms with Crippen molar-refractivity contribution >= 4 is 17.6 Å². The third kappa shape index (κ3) is 6.49. The van der Waals surface area contributed by atoms with Gasteiger partial charge in [-0.25, -0.2) is 0 Å². The zero-order valence-corrected chi connectivity index (χ0v) is 20.2. The molecule has 172 valence electrons. The Morgan fingerprint density at radius 2 is 1.58 bits per heavy atom. The van der Waals surface area contributed by atoms with Crippen molar-refractivity contribution in [3.05, 3.63) is 108 Å². The van der Waals surface area contributed by atoms with Crippen molar-refractivity contribution < 1.29 is 14.3 Å². The maximum Gasteiger partial charge on any atom is 0.316 e. The number of carbonyl (C=O) groups is 1. The molecule has 4 heteroatoms. The van der Waals surface area contributed by atoms with Gasteiger partial charge in [0.25, 0.3) is 0 Å². The number of ether oxygens (including phenoxy) is 2. The molecule has 3 nitrogen and oxygen atoms in total. The van der Waals surface area contributed by atoms with Crippen LogP contribution in [0.3, 0.4) is 0 Å². The highest BCUT2D eigenvalue weighted by Gasteiger charge is 2.27. The fourth-order valence-corrected chi connectivity index (χ4v) is 3.78. The molecule has 0 aliphatic carbocycles. The smallest absolute Gasteiger partial charge is 0.316 e. The molecular formula is C29H31ClO3. The van der Waals surface area contributed by atoms with Gasteiger partial charge in [0.1, 0.15) is 18.1 Å². The summed E-state index contributed by atoms with van der Waals surface area (Å²) < 4.78 is 11.3. The molecule has 0 saturated carbocycles. The average Bonchev–Trinajstić information content (AvgIpc) is 2.81. The van der Waals surface area contributed by atoms with Crippen LogP contribution in [0.15, 0.2) is 91.5 Å². The van der Waals surface area contributed by atoms with Gasteiger partial charge in [0.2, 0.25) is 0 Å². The van der Waals surface area contributed by atoms with Crippen molar-refractivity contribution in [1.29, 1.82) is 0 Å². The summed E-state index contributed by atoms with van der Waals surface area (Å²) in [5, 5.41) is 0. The molecule has 0 heterocycles. The standard InChI is InChI=1S/C29H31ClO3/c1-5-26(21-10-7-6-8-11-21)27(22-14-16-24(17-15-22)32-19-18-30)23-12-9-13-25(20-23)33-28(31)29(2,3)4/h5-17,20,26-27H,1,18-19H2,2-4H3. The molecule has 2 atom stereocenters. The number of hydrogen-bond acceptors (Lipinski definition) is 3. The third-order valence-electron chi connectivity index (χ3n) is 5.42. The Bertz CT molecular complexity index is 1050. The van der Waals surface area contributed by atoms with Gasteiger partial charge in [-0.15, -0.1) is 18.2 Å². The number of hydrogen-bond donors (Lipinski definition) is 0. The van der Waals surface area contributed by atoms with Crippen LogP contribution in [0, 0.1) is 5.41 Å². The summed E-state index contributed by atoms with van der Waals surface area (Å²) in [6.45, 7) is 10.1. The molecule has 0 bridgehead atoms. The van der Waals surface area contributed by atoms with Crippen LogP contribution >= 0.6 is 11.6 Å². The first-order valence-electron chi connectivity index (χ1n) is 11.1. The quantitative estimate of drug-likeness (QED) is 0.144. The Kier molecular flexibility index (Phi) is 8.35. The molecule has 0 aromatic heterocycles. The maximum atomic E-state index is 12.5. The first-order chi connectivity index (χ1) is 15.8. The Hall–Kier alpha value is -3.04. The molecule has 0 spiro atoms. The zero-order valence-electron chi connectivity index (χ0n) is 19.5. The molecule has 0 N–H and O–H groups in total. The minimum atomic E-state index is -0.581. The molecule has 0 radical (unpaired) electrons. The monoisotopic (exact) mass is 462 g/mol. The lowest BCUT2D eigenvalue weighted by atomic mass is 9.77. The number of allylic oxidation sites excluding steroid dienone is 1. The predicted octanol–water partition coefficient (Wildman–Crippen LogP) is 7.36. The maximum absolute atomic E-state index is 12.5. The number of alkyl halides is 1. The predicted molar refractivity (Wildman–Crippen MR) is 135 cm³/mol. The lowest BCUT2D eigenvalue weighted by Gasteiger charge is -2.27. The Balaban J connectivity index is 2.03. The summed E-state index contributed by atoms with van der Waals surface area (Å²) in [6.07, 6.45) is 1.98. The SMILES string of the molecule is C=CC(c1ccccc1)C(c1ccc(OCCCl)cc1)c1cccc(OC(=O)C(C)(C)C)c1. The second-order valence-corrected chi connectivity index (χ2v) is 9.35. The number of esters is 1. The van der Waals surface area contributed by atoms with E-state index >= 15 is 0 Å². The first kappa shape index (κ1) is 24.6. The number of carbonyl (C=O) groups excluding carboxylic acids is 1. The van der Waals surface area contributed by atoms with E-state index in [1.165, 1.54) is 0 Å². The van der Waals surface area contributed by atoms with Crippen LogP contribution in [-0.2, 0) is 4.79 Å². The number of halogens is 1. The molecule has 33 heavy (non-hydrogen) atoms. The third-order valence-corrected chi connectivity index (χ3v) is 5.58. The molecule has 3 aromatic rings. The van der Waals surface area contributed by atoms with E-state index in [0.717, 1.165) is 22.4 Å². The van der Waals surface area contributed by atoms with Gasteiger partial charge in [-0.1, -0.05) is 60.7 Å². The molecular weight excluding hydrogens is 432 g/mol. The van der Waals surface area contributed by atoms with E-state index < -0.39 is 5.41 Å². The van der Waals surface area contributed by atoms with Crippen LogP contribution in [0.1, 0.15) is 49.3 Å². The highest BCUT2D eigenvalue weighted by Crippen LogP contribution is 2.40. The topological polar surface area (TPSA) is 35.5 Å². The summed E-state index contributed by atoms with van der Waals surface area (Å²) in [5.74, 6) is 1.49.